The Morgan fingerprint density at radius 3 is 2.32 bits per heavy atom. The molecule has 1 aliphatic rings. The van der Waals surface area contributed by atoms with Gasteiger partial charge < -0.3 is 49.3 Å². The van der Waals surface area contributed by atoms with Gasteiger partial charge in [0.05, 0.1) is 0 Å². The van der Waals surface area contributed by atoms with Gasteiger partial charge in [-0.3, -0.25) is 14.4 Å². The van der Waals surface area contributed by atoms with Crippen LogP contribution in [0.2, 0.25) is 0 Å². The molecule has 196 valence electrons. The lowest BCUT2D eigenvalue weighted by molar-refractivity contribution is -0.278. The van der Waals surface area contributed by atoms with Gasteiger partial charge in [0.2, 0.25) is 6.29 Å². The van der Waals surface area contributed by atoms with Crippen LogP contribution in [0.15, 0.2) is 51.7 Å². The van der Waals surface area contributed by atoms with Gasteiger partial charge in [-0.25, -0.2) is 0 Å². The summed E-state index contributed by atoms with van der Waals surface area (Å²) in [5.74, 6) is -3.06. The van der Waals surface area contributed by atoms with Crippen molar-refractivity contribution in [3.8, 4) is 28.6 Å². The molecule has 0 amide bonds. The molecule has 1 aromatic heterocycles. The zero-order chi connectivity index (χ0) is 26.9. The summed E-state index contributed by atoms with van der Waals surface area (Å²) in [4.78, 5) is 34.7. The monoisotopic (exact) mass is 518 g/mol. The predicted molar refractivity (Wildman–Crippen MR) is 122 cm³/mol. The van der Waals surface area contributed by atoms with Gasteiger partial charge in [0.1, 0.15) is 71.4 Å². The van der Waals surface area contributed by atoms with Crippen LogP contribution in [0, 0.1) is 0 Å². The van der Waals surface area contributed by atoms with E-state index in [9.17, 15) is 39.9 Å². The fourth-order valence-corrected chi connectivity index (χ4v) is 3.71. The number of ether oxygens (including phenoxy) is 3. The number of benzene rings is 2. The van der Waals surface area contributed by atoms with E-state index < -0.39 is 66.9 Å². The van der Waals surface area contributed by atoms with Crippen molar-refractivity contribution >= 4 is 22.9 Å². The molecule has 0 bridgehead atoms. The molecule has 37 heavy (non-hydrogen) atoms. The largest absolute Gasteiger partial charge is 0.508 e. The maximum Gasteiger partial charge on any atom is 0.317 e. The molecule has 0 radical (unpaired) electrons. The highest BCUT2D eigenvalue weighted by Crippen LogP contribution is 2.33. The van der Waals surface area contributed by atoms with Gasteiger partial charge in [0, 0.05) is 23.8 Å². The number of carboxylic acid groups (broad SMARTS) is 1. The Kier molecular flexibility index (Phi) is 7.31. The van der Waals surface area contributed by atoms with Gasteiger partial charge in [-0.15, -0.1) is 0 Å². The second-order valence-electron chi connectivity index (χ2n) is 8.22. The molecule has 2 heterocycles. The molecule has 5 atom stereocenters. The van der Waals surface area contributed by atoms with Gasteiger partial charge in [-0.1, -0.05) is 0 Å². The molecule has 1 saturated heterocycles. The summed E-state index contributed by atoms with van der Waals surface area (Å²) in [5, 5.41) is 59.0. The summed E-state index contributed by atoms with van der Waals surface area (Å²) < 4.78 is 21.4. The van der Waals surface area contributed by atoms with Gasteiger partial charge in [0.25, 0.3) is 0 Å². The molecule has 13 heteroatoms. The Morgan fingerprint density at radius 1 is 0.946 bits per heavy atom. The van der Waals surface area contributed by atoms with Gasteiger partial charge in [-0.05, 0) is 24.3 Å². The molecule has 1 fully saturated rings. The van der Waals surface area contributed by atoms with Crippen LogP contribution in [0.4, 0.5) is 0 Å². The van der Waals surface area contributed by atoms with Crippen LogP contribution >= 0.6 is 0 Å². The van der Waals surface area contributed by atoms with Gasteiger partial charge >= 0.3 is 11.9 Å². The average molecular weight is 518 g/mol. The van der Waals surface area contributed by atoms with E-state index in [2.05, 4.69) is 0 Å². The Balaban J connectivity index is 1.58. The quantitative estimate of drug-likeness (QED) is 0.181. The normalized spacial score (nSPS) is 23.5. The lowest BCUT2D eigenvalue weighted by Gasteiger charge is -2.39. The summed E-state index contributed by atoms with van der Waals surface area (Å²) >= 11 is 0. The minimum Gasteiger partial charge on any atom is -0.508 e. The van der Waals surface area contributed by atoms with Crippen LogP contribution in [0.5, 0.6) is 17.2 Å². The molecule has 1 aliphatic heterocycles. The second-order valence-corrected chi connectivity index (χ2v) is 8.22. The van der Waals surface area contributed by atoms with E-state index >= 15 is 0 Å². The summed E-state index contributed by atoms with van der Waals surface area (Å²) in [5.41, 5.74) is -0.189. The number of carbonyl (C=O) groups is 2. The number of aliphatic hydroxyl groups excluding tert-OH is 3. The first kappa shape index (κ1) is 25.9. The van der Waals surface area contributed by atoms with E-state index in [1.54, 1.807) is 0 Å². The average Bonchev–Trinajstić information content (AvgIpc) is 2.83. The molecule has 4 rings (SSSR count). The van der Waals surface area contributed by atoms with E-state index in [0.29, 0.717) is 5.56 Å². The highest BCUT2D eigenvalue weighted by molar-refractivity contribution is 5.90. The maximum absolute atomic E-state index is 12.6. The number of esters is 1. The molecule has 0 unspecified atom stereocenters. The molecule has 0 saturated carbocycles. The summed E-state index contributed by atoms with van der Waals surface area (Å²) in [7, 11) is 0. The first-order chi connectivity index (χ1) is 17.5. The SMILES string of the molecule is O=C(O)CC(=O)OC[C@H]1O[C@@H](Oc2cc(O)c3c(=O)cc(-c4ccc(O)cc4)oc3c2)[C@H](O)[C@@H](O)[C@@H]1O. The number of aliphatic hydroxyl groups is 3. The highest BCUT2D eigenvalue weighted by Gasteiger charge is 2.45. The predicted octanol–water partition coefficient (Wildman–Crippen LogP) is 0.0755. The van der Waals surface area contributed by atoms with Crippen molar-refractivity contribution in [2.75, 3.05) is 6.61 Å². The molecular weight excluding hydrogens is 496 g/mol. The van der Waals surface area contributed by atoms with Crippen LogP contribution in [-0.4, -0.2) is 79.9 Å². The summed E-state index contributed by atoms with van der Waals surface area (Å²) in [6, 6.07) is 9.27. The fourth-order valence-electron chi connectivity index (χ4n) is 3.71. The molecule has 3 aromatic rings. The number of hydrogen-bond donors (Lipinski definition) is 6. The highest BCUT2D eigenvalue weighted by atomic mass is 16.7. The number of aliphatic carboxylic acids is 1. The lowest BCUT2D eigenvalue weighted by Crippen LogP contribution is -2.60. The zero-order valence-corrected chi connectivity index (χ0v) is 18.9. The van der Waals surface area contributed by atoms with Crippen LogP contribution < -0.4 is 10.2 Å². The summed E-state index contributed by atoms with van der Waals surface area (Å²) in [6.45, 7) is -0.648. The van der Waals surface area contributed by atoms with Crippen molar-refractivity contribution in [2.24, 2.45) is 0 Å². The van der Waals surface area contributed by atoms with E-state index in [-0.39, 0.29) is 28.2 Å². The first-order valence-electron chi connectivity index (χ1n) is 10.9. The van der Waals surface area contributed by atoms with E-state index in [1.807, 2.05) is 0 Å². The lowest BCUT2D eigenvalue weighted by atomic mass is 9.99. The number of carboxylic acids is 1. The Morgan fingerprint density at radius 2 is 1.65 bits per heavy atom. The first-order valence-corrected chi connectivity index (χ1v) is 10.9. The molecule has 6 N–H and O–H groups in total. The van der Waals surface area contributed by atoms with E-state index in [4.69, 9.17) is 23.7 Å². The molecule has 0 spiro atoms. The minimum absolute atomic E-state index is 0.00789. The van der Waals surface area contributed by atoms with Crippen molar-refractivity contribution in [1.82, 2.24) is 0 Å². The Hall–Kier alpha value is -4.17. The van der Waals surface area contributed by atoms with Gasteiger partial charge in [-0.2, -0.15) is 0 Å². The van der Waals surface area contributed by atoms with Crippen molar-refractivity contribution < 1.29 is 58.9 Å². The summed E-state index contributed by atoms with van der Waals surface area (Å²) in [6.07, 6.45) is -9.24. The number of hydrogen-bond acceptors (Lipinski definition) is 12. The number of carbonyl (C=O) groups excluding carboxylic acids is 1. The van der Waals surface area contributed by atoms with Crippen LogP contribution in [0.1, 0.15) is 6.42 Å². The Labute approximate surface area is 207 Å². The number of fused-ring (bicyclic) bond motifs is 1. The van der Waals surface area contributed by atoms with E-state index in [1.165, 1.54) is 30.3 Å². The molecule has 0 aliphatic carbocycles. The number of rotatable bonds is 7. The number of phenolic OH excluding ortho intramolecular Hbond substituents is 2. The molecule has 2 aromatic carbocycles. The van der Waals surface area contributed by atoms with Gasteiger partial charge in [0.15, 0.2) is 5.43 Å². The number of aromatic hydroxyl groups is 2. The van der Waals surface area contributed by atoms with Crippen molar-refractivity contribution in [2.45, 2.75) is 37.1 Å². The van der Waals surface area contributed by atoms with Crippen molar-refractivity contribution in [3.05, 3.63) is 52.7 Å². The third kappa shape index (κ3) is 5.65. The van der Waals surface area contributed by atoms with E-state index in [0.717, 1.165) is 12.1 Å². The minimum atomic E-state index is -1.80. The topological polar surface area (TPSA) is 213 Å². The maximum atomic E-state index is 12.6. The smallest absolute Gasteiger partial charge is 0.317 e. The molecular formula is C24H22O13. The standard InChI is InChI=1S/C24H22O13/c25-11-3-1-10(2-4-11)15-7-14(27)20-13(26)5-12(6-16(20)36-15)35-24-23(33)22(32)21(31)17(37-24)9-34-19(30)8-18(28)29/h1-7,17,21-26,31-33H,8-9H2,(H,28,29)/t17-,21-,22+,23-,24-/m1/s1. The van der Waals surface area contributed by atoms with Crippen LogP contribution in [0.3, 0.4) is 0 Å². The fraction of sp³-hybridized carbons (Fsp3) is 0.292. The zero-order valence-electron chi connectivity index (χ0n) is 18.9. The second kappa shape index (κ2) is 10.4. The molecule has 13 nitrogen and oxygen atoms in total. The van der Waals surface area contributed by atoms with Crippen molar-refractivity contribution in [3.63, 3.8) is 0 Å². The third-order valence-corrected chi connectivity index (χ3v) is 5.56. The van der Waals surface area contributed by atoms with Crippen molar-refractivity contribution in [1.29, 1.82) is 0 Å². The Bertz CT molecular complexity index is 1360. The van der Waals surface area contributed by atoms with Crippen LogP contribution in [0.25, 0.3) is 22.3 Å². The number of phenols is 2. The van der Waals surface area contributed by atoms with Crippen LogP contribution in [-0.2, 0) is 19.1 Å². The third-order valence-electron chi connectivity index (χ3n) is 5.56.